The molecule has 0 unspecified atom stereocenters. The highest BCUT2D eigenvalue weighted by Gasteiger charge is 2.14. The van der Waals surface area contributed by atoms with Crippen molar-refractivity contribution in [1.82, 2.24) is 20.5 Å². The Morgan fingerprint density at radius 2 is 2.08 bits per heavy atom. The largest absolute Gasteiger partial charge is 0.338 e. The first-order valence-electron chi connectivity index (χ1n) is 8.79. The van der Waals surface area contributed by atoms with Crippen molar-refractivity contribution in [1.29, 1.82) is 0 Å². The summed E-state index contributed by atoms with van der Waals surface area (Å²) in [6, 6.07) is 7.93. The van der Waals surface area contributed by atoms with Gasteiger partial charge in [-0.15, -0.1) is 11.3 Å². The van der Waals surface area contributed by atoms with E-state index in [2.05, 4.69) is 33.5 Å². The van der Waals surface area contributed by atoms with Gasteiger partial charge in [0.25, 0.3) is 0 Å². The Labute approximate surface area is 147 Å². The lowest BCUT2D eigenvalue weighted by molar-refractivity contribution is 0.190. The number of urea groups is 1. The van der Waals surface area contributed by atoms with Gasteiger partial charge < -0.3 is 15.5 Å². The number of hydrogen-bond acceptors (Lipinski definition) is 4. The molecule has 0 radical (unpaired) electrons. The van der Waals surface area contributed by atoms with Crippen LogP contribution in [0.2, 0.25) is 0 Å². The molecule has 0 saturated carbocycles. The van der Waals surface area contributed by atoms with E-state index in [1.54, 1.807) is 11.3 Å². The summed E-state index contributed by atoms with van der Waals surface area (Å²) >= 11 is 1.63. The molecule has 2 amide bonds. The van der Waals surface area contributed by atoms with Crippen LogP contribution in [0, 0.1) is 5.92 Å². The summed E-state index contributed by atoms with van der Waals surface area (Å²) in [6.45, 7) is 7.00. The van der Waals surface area contributed by atoms with Crippen LogP contribution in [0.25, 0.3) is 10.2 Å². The summed E-state index contributed by atoms with van der Waals surface area (Å²) < 4.78 is 1.16. The predicted octanol–water partition coefficient (Wildman–Crippen LogP) is 3.22. The Morgan fingerprint density at radius 1 is 1.29 bits per heavy atom. The molecular formula is C18H26N4OS. The normalized spacial score (nSPS) is 16.4. The van der Waals surface area contributed by atoms with Crippen molar-refractivity contribution in [3.05, 3.63) is 29.3 Å². The lowest BCUT2D eigenvalue weighted by atomic mass is 9.99. The zero-order valence-electron chi connectivity index (χ0n) is 14.3. The van der Waals surface area contributed by atoms with E-state index < -0.39 is 0 Å². The smallest absolute Gasteiger partial charge is 0.315 e. The van der Waals surface area contributed by atoms with E-state index in [4.69, 9.17) is 0 Å². The van der Waals surface area contributed by atoms with Gasteiger partial charge in [-0.1, -0.05) is 19.1 Å². The molecule has 24 heavy (non-hydrogen) atoms. The van der Waals surface area contributed by atoms with Crippen molar-refractivity contribution in [3.63, 3.8) is 0 Å². The minimum Gasteiger partial charge on any atom is -0.338 e. The van der Waals surface area contributed by atoms with Crippen LogP contribution in [0.1, 0.15) is 31.2 Å². The van der Waals surface area contributed by atoms with Gasteiger partial charge >= 0.3 is 6.03 Å². The molecule has 3 rings (SSSR count). The summed E-state index contributed by atoms with van der Waals surface area (Å²) in [4.78, 5) is 18.9. The highest BCUT2D eigenvalue weighted by Crippen LogP contribution is 2.21. The summed E-state index contributed by atoms with van der Waals surface area (Å²) in [6.07, 6.45) is 3.61. The number of hydrogen-bond donors (Lipinski definition) is 2. The number of nitrogens with zero attached hydrogens (tertiary/aromatic N) is 2. The topological polar surface area (TPSA) is 57.3 Å². The molecular weight excluding hydrogens is 320 g/mol. The second-order valence-electron chi connectivity index (χ2n) is 6.56. The SMILES string of the molecule is CC1CCN(CCCNC(=O)NCc2nc3ccccc3s2)CC1. The van der Waals surface area contributed by atoms with Crippen molar-refractivity contribution in [2.75, 3.05) is 26.2 Å². The van der Waals surface area contributed by atoms with E-state index in [1.807, 2.05) is 18.2 Å². The molecule has 2 aromatic rings. The summed E-state index contributed by atoms with van der Waals surface area (Å²) in [7, 11) is 0. The summed E-state index contributed by atoms with van der Waals surface area (Å²) in [5.41, 5.74) is 0.996. The van der Waals surface area contributed by atoms with Gasteiger partial charge in [0.2, 0.25) is 0 Å². The van der Waals surface area contributed by atoms with Crippen LogP contribution in [-0.4, -0.2) is 42.1 Å². The molecule has 0 bridgehead atoms. The molecule has 2 heterocycles. The zero-order chi connectivity index (χ0) is 16.8. The number of likely N-dealkylation sites (tertiary alicyclic amines) is 1. The number of para-hydroxylation sites is 1. The Morgan fingerprint density at radius 3 is 2.88 bits per heavy atom. The van der Waals surface area contributed by atoms with Crippen LogP contribution < -0.4 is 10.6 Å². The first-order chi connectivity index (χ1) is 11.7. The zero-order valence-corrected chi connectivity index (χ0v) is 15.1. The van der Waals surface area contributed by atoms with Gasteiger partial charge in [-0.05, 0) is 56.9 Å². The molecule has 1 aliphatic rings. The maximum absolute atomic E-state index is 11.9. The highest BCUT2D eigenvalue weighted by molar-refractivity contribution is 7.18. The maximum Gasteiger partial charge on any atom is 0.315 e. The molecule has 6 heteroatoms. The number of piperidine rings is 1. The Kier molecular flexibility index (Phi) is 6.04. The molecule has 1 fully saturated rings. The molecule has 1 aromatic heterocycles. The van der Waals surface area contributed by atoms with Crippen LogP contribution >= 0.6 is 11.3 Å². The van der Waals surface area contributed by atoms with E-state index in [-0.39, 0.29) is 6.03 Å². The monoisotopic (exact) mass is 346 g/mol. The van der Waals surface area contributed by atoms with Crippen molar-refractivity contribution in [3.8, 4) is 0 Å². The fraction of sp³-hybridized carbons (Fsp3) is 0.556. The number of nitrogens with one attached hydrogen (secondary N) is 2. The Hall–Kier alpha value is -1.66. The number of rotatable bonds is 6. The van der Waals surface area contributed by atoms with Crippen LogP contribution in [0.3, 0.4) is 0 Å². The van der Waals surface area contributed by atoms with E-state index in [0.717, 1.165) is 40.7 Å². The van der Waals surface area contributed by atoms with Crippen LogP contribution in [0.5, 0.6) is 0 Å². The molecule has 130 valence electrons. The predicted molar refractivity (Wildman–Crippen MR) is 99.3 cm³/mol. The summed E-state index contributed by atoms with van der Waals surface area (Å²) in [5.74, 6) is 0.868. The molecule has 0 atom stereocenters. The molecule has 2 N–H and O–H groups in total. The fourth-order valence-corrected chi connectivity index (χ4v) is 3.91. The average Bonchev–Trinajstić information content (AvgIpc) is 3.01. The van der Waals surface area contributed by atoms with E-state index >= 15 is 0 Å². The molecule has 0 spiro atoms. The minimum absolute atomic E-state index is 0.110. The first kappa shape index (κ1) is 17.2. The minimum atomic E-state index is -0.110. The number of aromatic nitrogens is 1. The van der Waals surface area contributed by atoms with Crippen LogP contribution in [0.15, 0.2) is 24.3 Å². The lowest BCUT2D eigenvalue weighted by Crippen LogP contribution is -2.38. The van der Waals surface area contributed by atoms with Gasteiger partial charge in [-0.2, -0.15) is 0 Å². The molecule has 0 aliphatic carbocycles. The maximum atomic E-state index is 11.9. The third-order valence-corrected chi connectivity index (χ3v) is 5.59. The van der Waals surface area contributed by atoms with Gasteiger partial charge in [0, 0.05) is 6.54 Å². The van der Waals surface area contributed by atoms with Gasteiger partial charge in [0.15, 0.2) is 0 Å². The number of carbonyl (C=O) groups is 1. The number of amides is 2. The fourth-order valence-electron chi connectivity index (χ4n) is 3.00. The van der Waals surface area contributed by atoms with E-state index in [1.165, 1.54) is 25.9 Å². The third kappa shape index (κ3) is 4.92. The van der Waals surface area contributed by atoms with Gasteiger partial charge in [-0.25, -0.2) is 9.78 Å². The van der Waals surface area contributed by atoms with Crippen LogP contribution in [-0.2, 0) is 6.54 Å². The molecule has 1 aromatic carbocycles. The molecule has 1 saturated heterocycles. The lowest BCUT2D eigenvalue weighted by Gasteiger charge is -2.30. The first-order valence-corrected chi connectivity index (χ1v) is 9.61. The Balaban J connectivity index is 1.31. The number of thiazole rings is 1. The Bertz CT molecular complexity index is 631. The number of benzene rings is 1. The standard InChI is InChI=1S/C18H26N4OS/c1-14-7-11-22(12-8-14)10-4-9-19-18(23)20-13-17-21-15-5-2-3-6-16(15)24-17/h2-3,5-6,14H,4,7-13H2,1H3,(H2,19,20,23). The van der Waals surface area contributed by atoms with Crippen molar-refractivity contribution < 1.29 is 4.79 Å². The van der Waals surface area contributed by atoms with Crippen molar-refractivity contribution >= 4 is 27.6 Å². The van der Waals surface area contributed by atoms with E-state index in [9.17, 15) is 4.79 Å². The quantitative estimate of drug-likeness (QED) is 0.790. The second-order valence-corrected chi connectivity index (χ2v) is 7.68. The molecule has 5 nitrogen and oxygen atoms in total. The van der Waals surface area contributed by atoms with Gasteiger partial charge in [0.05, 0.1) is 16.8 Å². The van der Waals surface area contributed by atoms with Gasteiger partial charge in [0.1, 0.15) is 5.01 Å². The van der Waals surface area contributed by atoms with Crippen molar-refractivity contribution in [2.24, 2.45) is 5.92 Å². The second kappa shape index (κ2) is 8.44. The van der Waals surface area contributed by atoms with Crippen molar-refractivity contribution in [2.45, 2.75) is 32.7 Å². The number of fused-ring (bicyclic) bond motifs is 1. The number of carbonyl (C=O) groups excluding carboxylic acids is 1. The highest BCUT2D eigenvalue weighted by atomic mass is 32.1. The molecule has 1 aliphatic heterocycles. The van der Waals surface area contributed by atoms with Gasteiger partial charge in [-0.3, -0.25) is 0 Å². The van der Waals surface area contributed by atoms with Crippen LogP contribution in [0.4, 0.5) is 4.79 Å². The summed E-state index contributed by atoms with van der Waals surface area (Å²) in [5, 5.41) is 6.76. The average molecular weight is 347 g/mol. The third-order valence-electron chi connectivity index (χ3n) is 4.55. The van der Waals surface area contributed by atoms with E-state index in [0.29, 0.717) is 6.54 Å².